The van der Waals surface area contributed by atoms with Crippen LogP contribution >= 0.6 is 0 Å². The van der Waals surface area contributed by atoms with E-state index in [1.165, 1.54) is 17.0 Å². The molecule has 148 valence electrons. The zero-order valence-electron chi connectivity index (χ0n) is 15.5. The maximum Gasteiger partial charge on any atom is 0.416 e. The summed E-state index contributed by atoms with van der Waals surface area (Å²) in [5.41, 5.74) is 2.17. The van der Waals surface area contributed by atoms with E-state index in [1.807, 2.05) is 31.2 Å². The van der Waals surface area contributed by atoms with Crippen LogP contribution in [-0.4, -0.2) is 36.3 Å². The van der Waals surface area contributed by atoms with E-state index < -0.39 is 17.8 Å². The zero-order chi connectivity index (χ0) is 20.3. The fourth-order valence-electron chi connectivity index (χ4n) is 2.82. The lowest BCUT2D eigenvalue weighted by molar-refractivity contribution is -0.137. The Hall–Kier alpha value is -3.03. The SMILES string of the molecule is Cc1ccc(C2=NOC(CN(C)C(=O)Nc3cccc(C(F)(F)F)c3)C2)cc1. The molecule has 0 fully saturated rings. The first-order valence-corrected chi connectivity index (χ1v) is 8.71. The summed E-state index contributed by atoms with van der Waals surface area (Å²) >= 11 is 0. The van der Waals surface area contributed by atoms with Crippen molar-refractivity contribution in [2.24, 2.45) is 5.16 Å². The van der Waals surface area contributed by atoms with Crippen molar-refractivity contribution in [3.05, 3.63) is 65.2 Å². The van der Waals surface area contributed by atoms with E-state index in [2.05, 4.69) is 10.5 Å². The number of benzene rings is 2. The normalized spacial score (nSPS) is 16.3. The molecule has 0 aliphatic carbocycles. The van der Waals surface area contributed by atoms with Gasteiger partial charge in [-0.15, -0.1) is 0 Å². The summed E-state index contributed by atoms with van der Waals surface area (Å²) in [6.45, 7) is 2.25. The van der Waals surface area contributed by atoms with Crippen molar-refractivity contribution in [1.82, 2.24) is 4.90 Å². The predicted octanol–water partition coefficient (Wildman–Crippen LogP) is 4.67. The lowest BCUT2D eigenvalue weighted by Crippen LogP contribution is -2.37. The van der Waals surface area contributed by atoms with Gasteiger partial charge in [0.2, 0.25) is 0 Å². The van der Waals surface area contributed by atoms with E-state index in [0.29, 0.717) is 6.42 Å². The van der Waals surface area contributed by atoms with E-state index in [-0.39, 0.29) is 18.3 Å². The van der Waals surface area contributed by atoms with Gasteiger partial charge in [0, 0.05) is 19.2 Å². The number of hydrogen-bond donors (Lipinski definition) is 1. The molecule has 0 saturated heterocycles. The second-order valence-corrected chi connectivity index (χ2v) is 6.72. The van der Waals surface area contributed by atoms with Crippen LogP contribution in [0.15, 0.2) is 53.7 Å². The van der Waals surface area contributed by atoms with Crippen molar-refractivity contribution in [1.29, 1.82) is 0 Å². The summed E-state index contributed by atoms with van der Waals surface area (Å²) in [5.74, 6) is 0. The molecular formula is C20H20F3N3O2. The van der Waals surface area contributed by atoms with Crippen LogP contribution in [0, 0.1) is 6.92 Å². The summed E-state index contributed by atoms with van der Waals surface area (Å²) in [4.78, 5) is 19.1. The molecule has 1 heterocycles. The molecule has 2 aromatic carbocycles. The minimum Gasteiger partial charge on any atom is -0.390 e. The molecule has 0 saturated carbocycles. The van der Waals surface area contributed by atoms with Gasteiger partial charge >= 0.3 is 12.2 Å². The molecule has 0 spiro atoms. The number of anilines is 1. The highest BCUT2D eigenvalue weighted by molar-refractivity contribution is 6.01. The van der Waals surface area contributed by atoms with Gasteiger partial charge < -0.3 is 15.1 Å². The van der Waals surface area contributed by atoms with E-state index >= 15 is 0 Å². The molecule has 28 heavy (non-hydrogen) atoms. The van der Waals surface area contributed by atoms with Crippen LogP contribution in [0.5, 0.6) is 0 Å². The topological polar surface area (TPSA) is 53.9 Å². The van der Waals surface area contributed by atoms with Crippen LogP contribution in [0.1, 0.15) is 23.1 Å². The highest BCUT2D eigenvalue weighted by Gasteiger charge is 2.31. The van der Waals surface area contributed by atoms with Crippen molar-refractivity contribution < 1.29 is 22.8 Å². The third kappa shape index (κ3) is 4.82. The quantitative estimate of drug-likeness (QED) is 0.823. The number of carbonyl (C=O) groups is 1. The number of aryl methyl sites for hydroxylation is 1. The number of nitrogens with one attached hydrogen (secondary N) is 1. The summed E-state index contributed by atoms with van der Waals surface area (Å²) in [6.07, 6.45) is -4.23. The Bertz CT molecular complexity index is 879. The first-order chi connectivity index (χ1) is 13.2. The zero-order valence-corrected chi connectivity index (χ0v) is 15.5. The minimum atomic E-state index is -4.46. The highest BCUT2D eigenvalue weighted by Crippen LogP contribution is 2.30. The van der Waals surface area contributed by atoms with Crippen LogP contribution in [0.25, 0.3) is 0 Å². The summed E-state index contributed by atoms with van der Waals surface area (Å²) in [7, 11) is 1.55. The van der Waals surface area contributed by atoms with Gasteiger partial charge in [0.05, 0.1) is 17.8 Å². The maximum absolute atomic E-state index is 12.8. The van der Waals surface area contributed by atoms with Gasteiger partial charge in [-0.3, -0.25) is 0 Å². The Morgan fingerprint density at radius 2 is 1.96 bits per heavy atom. The molecule has 1 aliphatic heterocycles. The van der Waals surface area contributed by atoms with Crippen molar-refractivity contribution in [3.8, 4) is 0 Å². The molecule has 0 bridgehead atoms. The van der Waals surface area contributed by atoms with Gasteiger partial charge in [0.25, 0.3) is 0 Å². The van der Waals surface area contributed by atoms with Gasteiger partial charge in [-0.25, -0.2) is 4.79 Å². The lowest BCUT2D eigenvalue weighted by Gasteiger charge is -2.20. The fraction of sp³-hybridized carbons (Fsp3) is 0.300. The van der Waals surface area contributed by atoms with Gasteiger partial charge in [0.15, 0.2) is 6.10 Å². The number of halogens is 3. The summed E-state index contributed by atoms with van der Waals surface area (Å²) < 4.78 is 38.3. The molecule has 8 heteroatoms. The van der Waals surface area contributed by atoms with Crippen molar-refractivity contribution in [2.75, 3.05) is 18.9 Å². The van der Waals surface area contributed by atoms with E-state index in [0.717, 1.165) is 29.0 Å². The van der Waals surface area contributed by atoms with Crippen LogP contribution in [0.2, 0.25) is 0 Å². The monoisotopic (exact) mass is 391 g/mol. The number of amides is 2. The van der Waals surface area contributed by atoms with Gasteiger partial charge in [0.1, 0.15) is 0 Å². The number of hydrogen-bond acceptors (Lipinski definition) is 3. The van der Waals surface area contributed by atoms with Gasteiger partial charge in [-0.05, 0) is 30.7 Å². The summed E-state index contributed by atoms with van der Waals surface area (Å²) in [5, 5.41) is 6.56. The number of nitrogens with zero attached hydrogens (tertiary/aromatic N) is 2. The number of urea groups is 1. The number of likely N-dealkylation sites (N-methyl/N-ethyl adjacent to an activating group) is 1. The van der Waals surface area contributed by atoms with Crippen molar-refractivity contribution in [2.45, 2.75) is 25.6 Å². The summed E-state index contributed by atoms with van der Waals surface area (Å²) in [6, 6.07) is 11.9. The van der Waals surface area contributed by atoms with E-state index in [9.17, 15) is 18.0 Å². The van der Waals surface area contributed by atoms with Crippen LogP contribution in [0.3, 0.4) is 0 Å². The van der Waals surface area contributed by atoms with Crippen LogP contribution in [0.4, 0.5) is 23.7 Å². The number of oxime groups is 1. The number of rotatable bonds is 4. The number of carbonyl (C=O) groups excluding carboxylic acids is 1. The van der Waals surface area contributed by atoms with Crippen molar-refractivity contribution >= 4 is 17.4 Å². The van der Waals surface area contributed by atoms with Crippen LogP contribution in [-0.2, 0) is 11.0 Å². The van der Waals surface area contributed by atoms with Crippen molar-refractivity contribution in [3.63, 3.8) is 0 Å². The molecule has 0 aromatic heterocycles. The number of alkyl halides is 3. The third-order valence-electron chi connectivity index (χ3n) is 4.38. The Morgan fingerprint density at radius 1 is 1.25 bits per heavy atom. The maximum atomic E-state index is 12.8. The standard InChI is InChI=1S/C20H20F3N3O2/c1-13-6-8-14(9-7-13)18-11-17(28-25-18)12-26(2)19(27)24-16-5-3-4-15(10-16)20(21,22)23/h3-10,17H,11-12H2,1-2H3,(H,24,27). The Kier molecular flexibility index (Phi) is 5.58. The van der Waals surface area contributed by atoms with Crippen LogP contribution < -0.4 is 5.32 Å². The third-order valence-corrected chi connectivity index (χ3v) is 4.38. The predicted molar refractivity (Wildman–Crippen MR) is 100 cm³/mol. The Morgan fingerprint density at radius 3 is 2.64 bits per heavy atom. The largest absolute Gasteiger partial charge is 0.416 e. The molecule has 2 aromatic rings. The molecule has 1 aliphatic rings. The van der Waals surface area contributed by atoms with Gasteiger partial charge in [-0.2, -0.15) is 13.2 Å². The molecule has 3 rings (SSSR count). The molecule has 2 amide bonds. The first-order valence-electron chi connectivity index (χ1n) is 8.71. The molecule has 1 N–H and O–H groups in total. The molecule has 1 unspecified atom stereocenters. The average molecular weight is 391 g/mol. The lowest BCUT2D eigenvalue weighted by atomic mass is 10.0. The molecule has 1 atom stereocenters. The Labute approximate surface area is 160 Å². The smallest absolute Gasteiger partial charge is 0.390 e. The minimum absolute atomic E-state index is 0.0793. The first kappa shape index (κ1) is 19.7. The van der Waals surface area contributed by atoms with E-state index in [1.54, 1.807) is 7.05 Å². The molecule has 5 nitrogen and oxygen atoms in total. The average Bonchev–Trinajstić information content (AvgIpc) is 3.10. The second kappa shape index (κ2) is 7.92. The fourth-order valence-corrected chi connectivity index (χ4v) is 2.82. The second-order valence-electron chi connectivity index (χ2n) is 6.72. The highest BCUT2D eigenvalue weighted by atomic mass is 19.4. The van der Waals surface area contributed by atoms with Gasteiger partial charge in [-0.1, -0.05) is 41.1 Å². The molecular weight excluding hydrogens is 371 g/mol. The molecule has 0 radical (unpaired) electrons. The van der Waals surface area contributed by atoms with E-state index in [4.69, 9.17) is 4.84 Å². The Balaban J connectivity index is 1.55.